The van der Waals surface area contributed by atoms with Crippen LogP contribution < -0.4 is 0 Å². The van der Waals surface area contributed by atoms with Gasteiger partial charge in [0, 0.05) is 17.6 Å². The first-order valence-corrected chi connectivity index (χ1v) is 6.23. The van der Waals surface area contributed by atoms with Gasteiger partial charge in [0.15, 0.2) is 9.37 Å². The summed E-state index contributed by atoms with van der Waals surface area (Å²) in [5.41, 5.74) is -0.472. The lowest BCUT2D eigenvalue weighted by Crippen LogP contribution is -2.03. The molecule has 0 aliphatic heterocycles. The van der Waals surface area contributed by atoms with E-state index < -0.39 is 10.9 Å². The molecule has 1 N–H and O–H groups in total. The van der Waals surface area contributed by atoms with Crippen molar-refractivity contribution in [3.05, 3.63) is 39.5 Å². The molecule has 18 heavy (non-hydrogen) atoms. The minimum atomic E-state index is -1.23. The zero-order valence-electron chi connectivity index (χ0n) is 8.64. The molecule has 0 aliphatic carbocycles. The Morgan fingerprint density at radius 1 is 1.50 bits per heavy atom. The number of rotatable bonds is 4. The summed E-state index contributed by atoms with van der Waals surface area (Å²) < 4.78 is 0.563. The molecule has 7 nitrogen and oxygen atoms in total. The summed E-state index contributed by atoms with van der Waals surface area (Å²) in [6.07, 6.45) is 1.56. The third-order valence-electron chi connectivity index (χ3n) is 1.85. The van der Waals surface area contributed by atoms with Gasteiger partial charge >= 0.3 is 11.7 Å². The molecule has 0 amide bonds. The van der Waals surface area contributed by atoms with E-state index in [0.29, 0.717) is 4.34 Å². The molecule has 0 saturated carbocycles. The number of aromatic nitrogens is 2. The third-order valence-corrected chi connectivity index (χ3v) is 3.73. The summed E-state index contributed by atoms with van der Waals surface area (Å²) in [6.45, 7) is 0. The lowest BCUT2D eigenvalue weighted by molar-refractivity contribution is -0.388. The van der Waals surface area contributed by atoms with Crippen molar-refractivity contribution in [2.24, 2.45) is 0 Å². The van der Waals surface area contributed by atoms with Crippen molar-refractivity contribution in [2.45, 2.75) is 9.37 Å². The fraction of sp³-hybridized carbons (Fsp3) is 0. The van der Waals surface area contributed by atoms with Crippen LogP contribution >= 0.6 is 23.1 Å². The van der Waals surface area contributed by atoms with Crippen LogP contribution in [0, 0.1) is 10.1 Å². The highest BCUT2D eigenvalue weighted by molar-refractivity contribution is 8.01. The van der Waals surface area contributed by atoms with Gasteiger partial charge in [-0.2, -0.15) is 0 Å². The van der Waals surface area contributed by atoms with E-state index in [4.69, 9.17) is 5.11 Å². The summed E-state index contributed by atoms with van der Waals surface area (Å²) in [6, 6.07) is 2.23. The van der Waals surface area contributed by atoms with Crippen molar-refractivity contribution in [2.75, 3.05) is 0 Å². The second-order valence-electron chi connectivity index (χ2n) is 2.98. The molecular weight excluding hydrogens is 278 g/mol. The van der Waals surface area contributed by atoms with Gasteiger partial charge < -0.3 is 5.11 Å². The van der Waals surface area contributed by atoms with E-state index in [1.165, 1.54) is 11.3 Å². The van der Waals surface area contributed by atoms with Crippen LogP contribution in [0.3, 0.4) is 0 Å². The van der Waals surface area contributed by atoms with E-state index in [0.717, 1.165) is 23.9 Å². The highest BCUT2D eigenvalue weighted by Gasteiger charge is 2.20. The van der Waals surface area contributed by atoms with Gasteiger partial charge in [-0.25, -0.2) is 14.8 Å². The maximum absolute atomic E-state index is 10.8. The Morgan fingerprint density at radius 3 is 2.83 bits per heavy atom. The standard InChI is InChI=1S/C9H5N3O4S2/c13-8(14)5-1-2-6(12(15)16)7(11-5)18-9-10-3-4-17-9/h1-4H,(H,13,14). The van der Waals surface area contributed by atoms with E-state index in [1.54, 1.807) is 11.6 Å². The number of hydrogen-bond donors (Lipinski definition) is 1. The van der Waals surface area contributed by atoms with Crippen LogP contribution in [0.25, 0.3) is 0 Å². The molecule has 2 rings (SSSR count). The highest BCUT2D eigenvalue weighted by atomic mass is 32.2. The number of carbonyl (C=O) groups is 1. The Kier molecular flexibility index (Phi) is 3.53. The van der Waals surface area contributed by atoms with Gasteiger partial charge in [-0.05, 0) is 17.8 Å². The first-order valence-electron chi connectivity index (χ1n) is 4.54. The first kappa shape index (κ1) is 12.5. The summed E-state index contributed by atoms with van der Waals surface area (Å²) in [7, 11) is 0. The molecule has 2 aromatic rings. The van der Waals surface area contributed by atoms with Crippen molar-refractivity contribution in [1.82, 2.24) is 9.97 Å². The Labute approximate surface area is 109 Å². The first-order chi connectivity index (χ1) is 8.58. The molecule has 0 radical (unpaired) electrons. The molecule has 0 unspecified atom stereocenters. The number of pyridine rings is 1. The Morgan fingerprint density at radius 2 is 2.28 bits per heavy atom. The predicted octanol–water partition coefficient (Wildman–Crippen LogP) is 2.30. The second kappa shape index (κ2) is 5.10. The number of carboxylic acid groups (broad SMARTS) is 1. The van der Waals surface area contributed by atoms with Gasteiger partial charge in [-0.15, -0.1) is 11.3 Å². The SMILES string of the molecule is O=C(O)c1ccc([N+](=O)[O-])c(Sc2nccs2)n1. The minimum absolute atomic E-state index is 0.0230. The van der Waals surface area contributed by atoms with E-state index in [2.05, 4.69) is 9.97 Å². The Balaban J connectivity index is 2.43. The van der Waals surface area contributed by atoms with Crippen molar-refractivity contribution in [1.29, 1.82) is 0 Å². The number of nitrogens with zero attached hydrogens (tertiary/aromatic N) is 3. The van der Waals surface area contributed by atoms with Crippen LogP contribution in [0.2, 0.25) is 0 Å². The fourth-order valence-corrected chi connectivity index (χ4v) is 2.74. The second-order valence-corrected chi connectivity index (χ2v) is 5.11. The van der Waals surface area contributed by atoms with Crippen molar-refractivity contribution >= 4 is 34.8 Å². The molecule has 0 aromatic carbocycles. The lowest BCUT2D eigenvalue weighted by Gasteiger charge is -2.00. The molecule has 0 fully saturated rings. The Bertz CT molecular complexity index is 600. The monoisotopic (exact) mass is 283 g/mol. The smallest absolute Gasteiger partial charge is 0.354 e. The van der Waals surface area contributed by atoms with Gasteiger partial charge in [0.1, 0.15) is 5.69 Å². The number of thiazole rings is 1. The number of aromatic carboxylic acids is 1. The van der Waals surface area contributed by atoms with Crippen LogP contribution in [0.1, 0.15) is 10.5 Å². The average Bonchev–Trinajstić information content (AvgIpc) is 2.81. The van der Waals surface area contributed by atoms with E-state index in [-0.39, 0.29) is 16.4 Å². The van der Waals surface area contributed by atoms with Crippen molar-refractivity contribution in [3.63, 3.8) is 0 Å². The number of hydrogen-bond acceptors (Lipinski definition) is 7. The van der Waals surface area contributed by atoms with E-state index in [1.807, 2.05) is 0 Å². The zero-order chi connectivity index (χ0) is 13.1. The molecule has 0 aliphatic rings. The molecule has 0 spiro atoms. The number of carboxylic acids is 1. The van der Waals surface area contributed by atoms with Gasteiger partial charge in [-0.3, -0.25) is 10.1 Å². The summed E-state index contributed by atoms with van der Waals surface area (Å²) in [5, 5.41) is 21.4. The molecule has 0 saturated heterocycles. The quantitative estimate of drug-likeness (QED) is 0.677. The normalized spacial score (nSPS) is 10.2. The van der Waals surface area contributed by atoms with E-state index in [9.17, 15) is 14.9 Å². The average molecular weight is 283 g/mol. The molecule has 0 atom stereocenters. The fourth-order valence-electron chi connectivity index (χ4n) is 1.11. The molecule has 92 valence electrons. The van der Waals surface area contributed by atoms with Crippen LogP contribution in [0.15, 0.2) is 33.1 Å². The lowest BCUT2D eigenvalue weighted by atomic mass is 10.3. The predicted molar refractivity (Wildman–Crippen MR) is 64.1 cm³/mol. The zero-order valence-corrected chi connectivity index (χ0v) is 10.3. The van der Waals surface area contributed by atoms with E-state index >= 15 is 0 Å². The topological polar surface area (TPSA) is 106 Å². The minimum Gasteiger partial charge on any atom is -0.477 e. The molecule has 0 bridgehead atoms. The van der Waals surface area contributed by atoms with Crippen LogP contribution in [-0.4, -0.2) is 26.0 Å². The summed E-state index contributed by atoms with van der Waals surface area (Å²) in [4.78, 5) is 28.7. The molecular formula is C9H5N3O4S2. The molecule has 2 heterocycles. The summed E-state index contributed by atoms with van der Waals surface area (Å²) in [5.74, 6) is -1.23. The third kappa shape index (κ3) is 2.63. The highest BCUT2D eigenvalue weighted by Crippen LogP contribution is 2.34. The number of nitro groups is 1. The van der Waals surface area contributed by atoms with Gasteiger partial charge in [0.2, 0.25) is 0 Å². The Hall–Kier alpha value is -2.00. The summed E-state index contributed by atoms with van der Waals surface area (Å²) >= 11 is 2.27. The molecule has 2 aromatic heterocycles. The van der Waals surface area contributed by atoms with Crippen molar-refractivity contribution in [3.8, 4) is 0 Å². The van der Waals surface area contributed by atoms with Crippen molar-refractivity contribution < 1.29 is 14.8 Å². The maximum Gasteiger partial charge on any atom is 0.354 e. The van der Waals surface area contributed by atoms with Gasteiger partial charge in [-0.1, -0.05) is 0 Å². The van der Waals surface area contributed by atoms with Crippen LogP contribution in [0.5, 0.6) is 0 Å². The van der Waals surface area contributed by atoms with Gasteiger partial charge in [0.25, 0.3) is 0 Å². The largest absolute Gasteiger partial charge is 0.477 e. The van der Waals surface area contributed by atoms with Crippen LogP contribution in [-0.2, 0) is 0 Å². The van der Waals surface area contributed by atoms with Crippen LogP contribution in [0.4, 0.5) is 5.69 Å². The maximum atomic E-state index is 10.8. The molecule has 9 heteroatoms. The van der Waals surface area contributed by atoms with Gasteiger partial charge in [0.05, 0.1) is 4.92 Å².